The van der Waals surface area contributed by atoms with Crippen LogP contribution in [0.1, 0.15) is 48.9 Å². The summed E-state index contributed by atoms with van der Waals surface area (Å²) in [7, 11) is 0. The Kier molecular flexibility index (Phi) is 2.73. The second-order valence-corrected chi connectivity index (χ2v) is 5.42. The van der Waals surface area contributed by atoms with Gasteiger partial charge in [-0.1, -0.05) is 19.4 Å². The summed E-state index contributed by atoms with van der Waals surface area (Å²) >= 11 is 0. The molecule has 0 aliphatic carbocycles. The molecular weight excluding hydrogens is 196 g/mol. The second-order valence-electron chi connectivity index (χ2n) is 5.42. The molecule has 2 rings (SSSR count). The molecular formula is C15H22O. The van der Waals surface area contributed by atoms with E-state index in [0.717, 1.165) is 18.6 Å². The molecule has 0 radical (unpaired) electrons. The number of fused-ring (bicyclic) bond motifs is 1. The van der Waals surface area contributed by atoms with Crippen LogP contribution in [0, 0.1) is 20.8 Å². The molecule has 0 fully saturated rings. The van der Waals surface area contributed by atoms with Gasteiger partial charge in [0.15, 0.2) is 0 Å². The van der Waals surface area contributed by atoms with Gasteiger partial charge in [-0.3, -0.25) is 0 Å². The molecule has 0 bridgehead atoms. The molecule has 0 aromatic heterocycles. The van der Waals surface area contributed by atoms with Crippen molar-refractivity contribution in [2.45, 2.75) is 59.5 Å². The summed E-state index contributed by atoms with van der Waals surface area (Å²) < 4.78 is 6.23. The Labute approximate surface area is 98.8 Å². The van der Waals surface area contributed by atoms with Gasteiger partial charge in [0.1, 0.15) is 11.4 Å². The topological polar surface area (TPSA) is 9.23 Å². The Hall–Kier alpha value is -0.980. The maximum Gasteiger partial charge on any atom is 0.126 e. The Morgan fingerprint density at radius 2 is 1.94 bits per heavy atom. The van der Waals surface area contributed by atoms with Crippen molar-refractivity contribution in [2.24, 2.45) is 0 Å². The lowest BCUT2D eigenvalue weighted by Gasteiger charge is -2.23. The van der Waals surface area contributed by atoms with Crippen LogP contribution < -0.4 is 4.74 Å². The maximum absolute atomic E-state index is 6.23. The summed E-state index contributed by atoms with van der Waals surface area (Å²) in [5.41, 5.74) is 5.51. The smallest absolute Gasteiger partial charge is 0.126 e. The summed E-state index contributed by atoms with van der Waals surface area (Å²) in [6.45, 7) is 11.0. The molecule has 1 aromatic rings. The molecule has 88 valence electrons. The molecule has 0 saturated heterocycles. The second kappa shape index (κ2) is 3.80. The third kappa shape index (κ3) is 1.73. The number of aryl methyl sites for hydroxylation is 2. The lowest BCUT2D eigenvalue weighted by atomic mass is 9.91. The van der Waals surface area contributed by atoms with Crippen molar-refractivity contribution in [1.29, 1.82) is 0 Å². The van der Waals surface area contributed by atoms with E-state index in [1.165, 1.54) is 28.7 Å². The molecule has 1 nitrogen and oxygen atoms in total. The van der Waals surface area contributed by atoms with Crippen LogP contribution in [0.2, 0.25) is 0 Å². The SMILES string of the molecule is CCCC1(C)Cc2c(C)cc(C)c(C)c2O1. The van der Waals surface area contributed by atoms with Crippen molar-refractivity contribution in [1.82, 2.24) is 0 Å². The van der Waals surface area contributed by atoms with E-state index in [1.807, 2.05) is 0 Å². The van der Waals surface area contributed by atoms with Crippen molar-refractivity contribution in [2.75, 3.05) is 0 Å². The van der Waals surface area contributed by atoms with E-state index in [4.69, 9.17) is 4.74 Å². The average Bonchev–Trinajstić information content (AvgIpc) is 2.54. The molecule has 1 heteroatoms. The monoisotopic (exact) mass is 218 g/mol. The highest BCUT2D eigenvalue weighted by molar-refractivity contribution is 5.52. The average molecular weight is 218 g/mol. The predicted octanol–water partition coefficient (Wildman–Crippen LogP) is 4.11. The molecule has 0 saturated carbocycles. The quantitative estimate of drug-likeness (QED) is 0.726. The zero-order chi connectivity index (χ0) is 11.9. The molecule has 0 N–H and O–H groups in total. The van der Waals surface area contributed by atoms with E-state index >= 15 is 0 Å². The van der Waals surface area contributed by atoms with Gasteiger partial charge in [-0.2, -0.15) is 0 Å². The third-order valence-electron chi connectivity index (χ3n) is 3.79. The Balaban J connectivity index is 2.44. The fourth-order valence-electron chi connectivity index (χ4n) is 2.79. The summed E-state index contributed by atoms with van der Waals surface area (Å²) in [4.78, 5) is 0. The van der Waals surface area contributed by atoms with Crippen LogP contribution in [0.25, 0.3) is 0 Å². The summed E-state index contributed by atoms with van der Waals surface area (Å²) in [5.74, 6) is 1.16. The van der Waals surface area contributed by atoms with Crippen LogP contribution in [0.3, 0.4) is 0 Å². The van der Waals surface area contributed by atoms with Gasteiger partial charge in [0.2, 0.25) is 0 Å². The first-order valence-corrected chi connectivity index (χ1v) is 6.25. The van der Waals surface area contributed by atoms with Gasteiger partial charge in [0, 0.05) is 12.0 Å². The largest absolute Gasteiger partial charge is 0.487 e. The Morgan fingerprint density at radius 3 is 2.56 bits per heavy atom. The van der Waals surface area contributed by atoms with Crippen molar-refractivity contribution in [3.05, 3.63) is 28.3 Å². The van der Waals surface area contributed by atoms with E-state index in [2.05, 4.69) is 40.7 Å². The number of hydrogen-bond donors (Lipinski definition) is 0. The van der Waals surface area contributed by atoms with Crippen LogP contribution in [-0.4, -0.2) is 5.60 Å². The van der Waals surface area contributed by atoms with Gasteiger partial charge in [0.25, 0.3) is 0 Å². The molecule has 1 heterocycles. The first-order chi connectivity index (χ1) is 7.47. The summed E-state index contributed by atoms with van der Waals surface area (Å²) in [6.07, 6.45) is 3.39. The Bertz CT molecular complexity index is 420. The number of hydrogen-bond acceptors (Lipinski definition) is 1. The highest BCUT2D eigenvalue weighted by Gasteiger charge is 2.36. The first-order valence-electron chi connectivity index (χ1n) is 6.25. The molecule has 16 heavy (non-hydrogen) atoms. The van der Waals surface area contributed by atoms with Crippen LogP contribution in [0.15, 0.2) is 6.07 Å². The minimum atomic E-state index is 0.0282. The number of rotatable bonds is 2. The predicted molar refractivity (Wildman–Crippen MR) is 68.3 cm³/mol. The molecule has 1 aliphatic rings. The molecule has 1 atom stereocenters. The van der Waals surface area contributed by atoms with Gasteiger partial charge in [-0.15, -0.1) is 0 Å². The van der Waals surface area contributed by atoms with Crippen LogP contribution in [0.5, 0.6) is 5.75 Å². The van der Waals surface area contributed by atoms with Gasteiger partial charge in [-0.25, -0.2) is 0 Å². The fourth-order valence-corrected chi connectivity index (χ4v) is 2.79. The minimum absolute atomic E-state index is 0.0282. The number of ether oxygens (including phenoxy) is 1. The molecule has 0 spiro atoms. The van der Waals surface area contributed by atoms with E-state index < -0.39 is 0 Å². The minimum Gasteiger partial charge on any atom is -0.487 e. The zero-order valence-electron chi connectivity index (χ0n) is 11.1. The van der Waals surface area contributed by atoms with Crippen molar-refractivity contribution in [3.63, 3.8) is 0 Å². The van der Waals surface area contributed by atoms with Crippen molar-refractivity contribution >= 4 is 0 Å². The first kappa shape index (κ1) is 11.5. The molecule has 1 aromatic carbocycles. The molecule has 1 unspecified atom stereocenters. The maximum atomic E-state index is 6.23. The van der Waals surface area contributed by atoms with Gasteiger partial charge >= 0.3 is 0 Å². The highest BCUT2D eigenvalue weighted by Crippen LogP contribution is 2.42. The van der Waals surface area contributed by atoms with E-state index in [1.54, 1.807) is 0 Å². The van der Waals surface area contributed by atoms with Gasteiger partial charge in [-0.05, 0) is 50.8 Å². The molecule has 0 amide bonds. The summed E-state index contributed by atoms with van der Waals surface area (Å²) in [6, 6.07) is 2.29. The third-order valence-corrected chi connectivity index (χ3v) is 3.79. The standard InChI is InChI=1S/C15H22O/c1-6-7-15(5)9-13-11(3)8-10(2)12(4)14(13)16-15/h8H,6-7,9H2,1-5H3. The number of benzene rings is 1. The van der Waals surface area contributed by atoms with Crippen LogP contribution >= 0.6 is 0 Å². The van der Waals surface area contributed by atoms with Gasteiger partial charge < -0.3 is 4.74 Å². The van der Waals surface area contributed by atoms with E-state index in [9.17, 15) is 0 Å². The van der Waals surface area contributed by atoms with Crippen LogP contribution in [0.4, 0.5) is 0 Å². The lowest BCUT2D eigenvalue weighted by Crippen LogP contribution is -2.29. The Morgan fingerprint density at radius 1 is 1.25 bits per heavy atom. The zero-order valence-corrected chi connectivity index (χ0v) is 11.1. The van der Waals surface area contributed by atoms with Crippen LogP contribution in [-0.2, 0) is 6.42 Å². The fraction of sp³-hybridized carbons (Fsp3) is 0.600. The summed E-state index contributed by atoms with van der Waals surface area (Å²) in [5, 5.41) is 0. The molecule has 1 aliphatic heterocycles. The van der Waals surface area contributed by atoms with E-state index in [-0.39, 0.29) is 5.60 Å². The van der Waals surface area contributed by atoms with Gasteiger partial charge in [0.05, 0.1) is 0 Å². The van der Waals surface area contributed by atoms with E-state index in [0.29, 0.717) is 0 Å². The highest BCUT2D eigenvalue weighted by atomic mass is 16.5. The van der Waals surface area contributed by atoms with Crippen molar-refractivity contribution < 1.29 is 4.74 Å². The lowest BCUT2D eigenvalue weighted by molar-refractivity contribution is 0.104. The van der Waals surface area contributed by atoms with Crippen molar-refractivity contribution in [3.8, 4) is 5.75 Å². The normalized spacial score (nSPS) is 23.1.